The Balaban J connectivity index is 1.11. The number of methoxy groups -OCH3 is 2. The largest absolute Gasteiger partial charge is 0.493 e. The molecule has 1 amide bonds. The molecule has 214 valence electrons. The van der Waals surface area contributed by atoms with Gasteiger partial charge in [0, 0.05) is 42.7 Å². The molecule has 2 aliphatic heterocycles. The van der Waals surface area contributed by atoms with E-state index in [0.717, 1.165) is 68.6 Å². The molecular weight excluding hydrogens is 578 g/mol. The van der Waals surface area contributed by atoms with Crippen molar-refractivity contribution in [1.82, 2.24) is 15.5 Å². The van der Waals surface area contributed by atoms with Crippen LogP contribution in [0.2, 0.25) is 0 Å². The predicted octanol–water partition coefficient (Wildman–Crippen LogP) is 4.03. The van der Waals surface area contributed by atoms with Gasteiger partial charge in [-0.3, -0.25) is 9.69 Å². The van der Waals surface area contributed by atoms with Gasteiger partial charge in [0.2, 0.25) is 5.91 Å². The lowest BCUT2D eigenvalue weighted by Crippen LogP contribution is -2.45. The van der Waals surface area contributed by atoms with Crippen molar-refractivity contribution in [3.63, 3.8) is 0 Å². The number of carbonyl (C=O) groups excluding carboxylic acids is 1. The first-order valence-electron chi connectivity index (χ1n) is 13.8. The maximum absolute atomic E-state index is 12.8. The van der Waals surface area contributed by atoms with E-state index in [-0.39, 0.29) is 24.5 Å². The average molecular weight is 615 g/mol. The smallest absolute Gasteiger partial charge is 0.339 e. The lowest BCUT2D eigenvalue weighted by Gasteiger charge is -2.32. The Morgan fingerprint density at radius 1 is 1.02 bits per heavy atom. The minimum Gasteiger partial charge on any atom is -0.493 e. The molecule has 0 bridgehead atoms. The number of carbonyl (C=O) groups is 1. The summed E-state index contributed by atoms with van der Waals surface area (Å²) in [4.78, 5) is 27.7. The molecule has 2 N–H and O–H groups in total. The first kappa shape index (κ1) is 28.4. The van der Waals surface area contributed by atoms with Crippen molar-refractivity contribution >= 4 is 32.8 Å². The molecule has 2 aromatic carbocycles. The van der Waals surface area contributed by atoms with Crippen molar-refractivity contribution in [3.8, 4) is 17.2 Å². The first-order valence-corrected chi connectivity index (χ1v) is 14.6. The monoisotopic (exact) mass is 613 g/mol. The molecule has 2 fully saturated rings. The molecule has 0 spiro atoms. The molecule has 2 aliphatic rings. The Kier molecular flexibility index (Phi) is 9.29. The van der Waals surface area contributed by atoms with Gasteiger partial charge in [-0.1, -0.05) is 6.07 Å². The second-order valence-electron chi connectivity index (χ2n) is 10.4. The Labute approximate surface area is 242 Å². The topological polar surface area (TPSA) is 102 Å². The van der Waals surface area contributed by atoms with Gasteiger partial charge in [-0.05, 0) is 84.5 Å². The third-order valence-electron chi connectivity index (χ3n) is 7.60. The number of benzene rings is 2. The Bertz CT molecular complexity index is 1400. The number of fused-ring (bicyclic) bond motifs is 1. The number of ether oxygens (including phenoxy) is 3. The third kappa shape index (κ3) is 6.97. The highest BCUT2D eigenvalue weighted by atomic mass is 79.9. The van der Waals surface area contributed by atoms with E-state index in [0.29, 0.717) is 28.0 Å². The van der Waals surface area contributed by atoms with Crippen molar-refractivity contribution in [3.05, 3.63) is 62.4 Å². The summed E-state index contributed by atoms with van der Waals surface area (Å²) < 4.78 is 23.3. The summed E-state index contributed by atoms with van der Waals surface area (Å²) in [6, 6.07) is 11.5. The van der Waals surface area contributed by atoms with Crippen LogP contribution < -0.4 is 30.5 Å². The summed E-state index contributed by atoms with van der Waals surface area (Å²) in [6.45, 7) is 4.62. The predicted molar refractivity (Wildman–Crippen MR) is 156 cm³/mol. The fourth-order valence-corrected chi connectivity index (χ4v) is 5.91. The number of hydrogen-bond acceptors (Lipinski definition) is 8. The molecule has 5 rings (SSSR count). The van der Waals surface area contributed by atoms with Gasteiger partial charge >= 0.3 is 5.63 Å². The molecule has 0 saturated carbocycles. The summed E-state index contributed by atoms with van der Waals surface area (Å²) in [7, 11) is 3.07. The van der Waals surface area contributed by atoms with Crippen LogP contribution >= 0.6 is 15.9 Å². The zero-order valence-corrected chi connectivity index (χ0v) is 24.6. The quantitative estimate of drug-likeness (QED) is 0.349. The maximum atomic E-state index is 12.8. The zero-order valence-electron chi connectivity index (χ0n) is 23.0. The number of amides is 1. The number of likely N-dealkylation sites (tertiary alicyclic amines) is 1. The van der Waals surface area contributed by atoms with Gasteiger partial charge in [0.1, 0.15) is 17.4 Å². The van der Waals surface area contributed by atoms with Crippen molar-refractivity contribution in [2.24, 2.45) is 0 Å². The zero-order chi connectivity index (χ0) is 28.1. The highest BCUT2D eigenvalue weighted by Crippen LogP contribution is 2.32. The second kappa shape index (κ2) is 13.1. The van der Waals surface area contributed by atoms with Crippen LogP contribution in [0.1, 0.15) is 36.8 Å². The molecule has 40 heavy (non-hydrogen) atoms. The number of nitrogens with one attached hydrogen (secondary N) is 2. The summed E-state index contributed by atoms with van der Waals surface area (Å²) in [5, 5.41) is 7.14. The van der Waals surface area contributed by atoms with Crippen molar-refractivity contribution in [2.75, 3.05) is 40.4 Å². The maximum Gasteiger partial charge on any atom is 0.339 e. The van der Waals surface area contributed by atoms with E-state index in [1.54, 1.807) is 25.3 Å². The number of piperidine rings is 2. The molecule has 0 atom stereocenters. The molecule has 3 heterocycles. The van der Waals surface area contributed by atoms with Crippen LogP contribution in [0, 0.1) is 0 Å². The highest BCUT2D eigenvalue weighted by molar-refractivity contribution is 9.10. The van der Waals surface area contributed by atoms with Gasteiger partial charge in [-0.25, -0.2) is 4.79 Å². The van der Waals surface area contributed by atoms with E-state index in [9.17, 15) is 9.59 Å². The lowest BCUT2D eigenvalue weighted by molar-refractivity contribution is -0.121. The van der Waals surface area contributed by atoms with Crippen LogP contribution in [0.3, 0.4) is 0 Å². The van der Waals surface area contributed by atoms with E-state index in [1.807, 2.05) is 0 Å². The summed E-state index contributed by atoms with van der Waals surface area (Å²) >= 11 is 3.69. The summed E-state index contributed by atoms with van der Waals surface area (Å²) in [6.07, 6.45) is 3.99. The summed E-state index contributed by atoms with van der Waals surface area (Å²) in [5.74, 6) is 1.72. The minimum atomic E-state index is -0.525. The molecular formula is C30H36BrN3O6. The fourth-order valence-electron chi connectivity index (χ4n) is 5.39. The number of hydrogen-bond donors (Lipinski definition) is 2. The molecule has 0 radical (unpaired) electrons. The number of rotatable bonds is 9. The Morgan fingerprint density at radius 3 is 2.45 bits per heavy atom. The van der Waals surface area contributed by atoms with Gasteiger partial charge in [-0.15, -0.1) is 0 Å². The van der Waals surface area contributed by atoms with Gasteiger partial charge in [0.05, 0.1) is 25.1 Å². The van der Waals surface area contributed by atoms with Gasteiger partial charge < -0.3 is 29.3 Å². The van der Waals surface area contributed by atoms with Crippen LogP contribution in [0.25, 0.3) is 11.0 Å². The molecule has 10 heteroatoms. The Hall–Kier alpha value is -3.08. The molecule has 0 unspecified atom stereocenters. The standard InChI is InChI=1S/C30H36BrN3O6/c1-37-27-15-20-14-21(30(36)40-26(20)17-28(27)38-2)16-29(35)33-22-7-11-34(12-8-22)18-19-3-4-25(24(31)13-19)39-23-5-9-32-10-6-23/h3-4,13-15,17,22-23,32H,5-12,16,18H2,1-2H3,(H,33,35). The Morgan fingerprint density at radius 2 is 1.75 bits per heavy atom. The lowest BCUT2D eigenvalue weighted by atomic mass is 10.0. The van der Waals surface area contributed by atoms with Crippen LogP contribution in [0.15, 0.2) is 50.1 Å². The second-order valence-corrected chi connectivity index (χ2v) is 11.3. The van der Waals surface area contributed by atoms with Crippen LogP contribution in [-0.4, -0.2) is 63.4 Å². The highest BCUT2D eigenvalue weighted by Gasteiger charge is 2.22. The van der Waals surface area contributed by atoms with Crippen LogP contribution in [0.5, 0.6) is 17.2 Å². The van der Waals surface area contributed by atoms with E-state index >= 15 is 0 Å². The molecule has 1 aromatic heterocycles. The van der Waals surface area contributed by atoms with Crippen molar-refractivity contribution in [2.45, 2.75) is 50.8 Å². The molecule has 9 nitrogen and oxygen atoms in total. The normalized spacial score (nSPS) is 17.1. The average Bonchev–Trinajstić information content (AvgIpc) is 2.96. The first-order chi connectivity index (χ1) is 19.4. The van der Waals surface area contributed by atoms with Gasteiger partial charge in [-0.2, -0.15) is 0 Å². The summed E-state index contributed by atoms with van der Waals surface area (Å²) in [5.41, 5.74) is 1.40. The van der Waals surface area contributed by atoms with Crippen molar-refractivity contribution < 1.29 is 23.4 Å². The van der Waals surface area contributed by atoms with Crippen LogP contribution in [-0.2, 0) is 17.8 Å². The van der Waals surface area contributed by atoms with E-state index in [1.165, 1.54) is 12.7 Å². The fraction of sp³-hybridized carbons (Fsp3) is 0.467. The van der Waals surface area contributed by atoms with E-state index in [2.05, 4.69) is 49.7 Å². The van der Waals surface area contributed by atoms with E-state index in [4.69, 9.17) is 18.6 Å². The van der Waals surface area contributed by atoms with Gasteiger partial charge in [0.15, 0.2) is 11.5 Å². The van der Waals surface area contributed by atoms with E-state index < -0.39 is 5.63 Å². The molecule has 2 saturated heterocycles. The molecule has 3 aromatic rings. The van der Waals surface area contributed by atoms with Crippen molar-refractivity contribution in [1.29, 1.82) is 0 Å². The molecule has 0 aliphatic carbocycles. The van der Waals surface area contributed by atoms with Crippen LogP contribution in [0.4, 0.5) is 0 Å². The third-order valence-corrected chi connectivity index (χ3v) is 8.22. The number of halogens is 1. The SMILES string of the molecule is COc1cc2cc(CC(=O)NC3CCN(Cc4ccc(OC5CCNCC5)c(Br)c4)CC3)c(=O)oc2cc1OC. The van der Waals surface area contributed by atoms with Gasteiger partial charge in [0.25, 0.3) is 0 Å². The minimum absolute atomic E-state index is 0.0351. The number of nitrogens with zero attached hydrogens (tertiary/aromatic N) is 1.